The molecule has 1 rings (SSSR count). The molecule has 1 unspecified atom stereocenters. The predicted molar refractivity (Wildman–Crippen MR) is 35.2 cm³/mol. The molecule has 56 valence electrons. The highest BCUT2D eigenvalue weighted by atomic mass is 16.5. The number of esters is 1. The fourth-order valence-electron chi connectivity index (χ4n) is 0.876. The third-order valence-corrected chi connectivity index (χ3v) is 1.39. The highest BCUT2D eigenvalue weighted by Gasteiger charge is 2.23. The molecule has 1 aliphatic rings. The van der Waals surface area contributed by atoms with E-state index in [0.29, 0.717) is 19.6 Å². The van der Waals surface area contributed by atoms with Crippen LogP contribution >= 0.6 is 0 Å². The lowest BCUT2D eigenvalue weighted by molar-refractivity contribution is -0.137. The van der Waals surface area contributed by atoms with E-state index in [2.05, 4.69) is 6.58 Å². The monoisotopic (exact) mass is 142 g/mol. The van der Waals surface area contributed by atoms with Crippen LogP contribution < -0.4 is 0 Å². The highest BCUT2D eigenvalue weighted by Crippen LogP contribution is 2.13. The molecule has 0 aromatic heterocycles. The zero-order chi connectivity index (χ0) is 7.40. The summed E-state index contributed by atoms with van der Waals surface area (Å²) in [6.07, 6.45) is 1.86. The Labute approximate surface area is 59.6 Å². The van der Waals surface area contributed by atoms with E-state index in [1.54, 1.807) is 0 Å². The lowest BCUT2D eigenvalue weighted by atomic mass is 10.1. The van der Waals surface area contributed by atoms with E-state index in [-0.39, 0.29) is 11.9 Å². The predicted octanol–water partition coefficient (Wildman–Crippen LogP) is 0.710. The van der Waals surface area contributed by atoms with Crippen molar-refractivity contribution in [3.63, 3.8) is 0 Å². The molecule has 3 nitrogen and oxygen atoms in total. The molecular weight excluding hydrogens is 132 g/mol. The summed E-state index contributed by atoms with van der Waals surface area (Å²) in [5, 5.41) is 0. The average Bonchev–Trinajstić information content (AvgIpc) is 2.31. The molecule has 0 saturated carbocycles. The van der Waals surface area contributed by atoms with Crippen molar-refractivity contribution < 1.29 is 14.3 Å². The number of ether oxygens (including phenoxy) is 2. The summed E-state index contributed by atoms with van der Waals surface area (Å²) in [6, 6.07) is 0. The minimum atomic E-state index is -0.127. The molecule has 0 aliphatic carbocycles. The molecule has 0 bridgehead atoms. The zero-order valence-corrected chi connectivity index (χ0v) is 5.71. The third kappa shape index (κ3) is 1.76. The molecule has 0 N–H and O–H groups in total. The molecule has 3 heteroatoms. The first-order valence-electron chi connectivity index (χ1n) is 3.21. The van der Waals surface area contributed by atoms with Crippen molar-refractivity contribution in [3.8, 4) is 0 Å². The second kappa shape index (κ2) is 3.25. The number of carbonyl (C=O) groups excluding carboxylic acids is 1. The van der Waals surface area contributed by atoms with Gasteiger partial charge in [-0.25, -0.2) is 0 Å². The van der Waals surface area contributed by atoms with Crippen LogP contribution in [-0.4, -0.2) is 19.2 Å². The summed E-state index contributed by atoms with van der Waals surface area (Å²) in [6.45, 7) is 4.42. The summed E-state index contributed by atoms with van der Waals surface area (Å²) in [5.41, 5.74) is 0. The Bertz CT molecular complexity index is 142. The second-order valence-corrected chi connectivity index (χ2v) is 2.25. The van der Waals surface area contributed by atoms with E-state index < -0.39 is 0 Å². The van der Waals surface area contributed by atoms with Crippen LogP contribution in [0.2, 0.25) is 0 Å². The molecular formula is C7H10O3. The number of carbonyl (C=O) groups is 1. The van der Waals surface area contributed by atoms with Gasteiger partial charge in [-0.05, 0) is 0 Å². The van der Waals surface area contributed by atoms with Gasteiger partial charge in [-0.1, -0.05) is 6.58 Å². The molecule has 0 spiro atoms. The van der Waals surface area contributed by atoms with E-state index in [4.69, 9.17) is 9.47 Å². The average molecular weight is 142 g/mol. The maximum atomic E-state index is 10.5. The summed E-state index contributed by atoms with van der Waals surface area (Å²) < 4.78 is 9.61. The van der Waals surface area contributed by atoms with Crippen LogP contribution in [-0.2, 0) is 14.3 Å². The van der Waals surface area contributed by atoms with Crippen LogP contribution in [0.25, 0.3) is 0 Å². The minimum Gasteiger partial charge on any atom is -0.501 e. The number of hydrogen-bond donors (Lipinski definition) is 0. The highest BCUT2D eigenvalue weighted by molar-refractivity contribution is 5.71. The maximum Gasteiger partial charge on any atom is 0.306 e. The number of rotatable bonds is 3. The summed E-state index contributed by atoms with van der Waals surface area (Å²) in [5.74, 6) is 0.100. The fraction of sp³-hybridized carbons (Fsp3) is 0.571. The van der Waals surface area contributed by atoms with Gasteiger partial charge in [-0.3, -0.25) is 4.79 Å². The number of hydrogen-bond acceptors (Lipinski definition) is 3. The Morgan fingerprint density at radius 1 is 1.90 bits per heavy atom. The fourth-order valence-corrected chi connectivity index (χ4v) is 0.876. The Hall–Kier alpha value is -0.990. The van der Waals surface area contributed by atoms with E-state index in [0.717, 1.165) is 0 Å². The van der Waals surface area contributed by atoms with Crippen LogP contribution in [0.4, 0.5) is 0 Å². The maximum absolute atomic E-state index is 10.5. The van der Waals surface area contributed by atoms with Crippen molar-refractivity contribution in [2.24, 2.45) is 5.92 Å². The van der Waals surface area contributed by atoms with Gasteiger partial charge < -0.3 is 9.47 Å². The molecule has 1 heterocycles. The van der Waals surface area contributed by atoms with Gasteiger partial charge in [0.2, 0.25) is 0 Å². The molecule has 1 aliphatic heterocycles. The van der Waals surface area contributed by atoms with Crippen LogP contribution in [0, 0.1) is 5.92 Å². The van der Waals surface area contributed by atoms with Gasteiger partial charge in [0.25, 0.3) is 0 Å². The van der Waals surface area contributed by atoms with E-state index in [1.165, 1.54) is 6.26 Å². The quantitative estimate of drug-likeness (QED) is 0.430. The molecule has 1 atom stereocenters. The standard InChI is InChI=1S/C7H10O3/c1-2-9-4-6-3-7(8)10-5-6/h2,6H,1,3-5H2. The first-order chi connectivity index (χ1) is 4.83. The van der Waals surface area contributed by atoms with Crippen molar-refractivity contribution in [2.45, 2.75) is 6.42 Å². The van der Waals surface area contributed by atoms with Crippen LogP contribution in [0.5, 0.6) is 0 Å². The topological polar surface area (TPSA) is 35.5 Å². The summed E-state index contributed by atoms with van der Waals surface area (Å²) in [7, 11) is 0. The van der Waals surface area contributed by atoms with Gasteiger partial charge in [0.15, 0.2) is 0 Å². The molecule has 1 fully saturated rings. The lowest BCUT2D eigenvalue weighted by Crippen LogP contribution is -2.06. The molecule has 0 amide bonds. The van der Waals surface area contributed by atoms with Crippen molar-refractivity contribution in [3.05, 3.63) is 12.8 Å². The molecule has 0 aromatic rings. The summed E-state index contributed by atoms with van der Waals surface area (Å²) >= 11 is 0. The van der Waals surface area contributed by atoms with Crippen LogP contribution in [0.1, 0.15) is 6.42 Å². The SMILES string of the molecule is C=COCC1COC(=O)C1. The largest absolute Gasteiger partial charge is 0.501 e. The normalized spacial score (nSPS) is 24.0. The molecule has 1 saturated heterocycles. The lowest BCUT2D eigenvalue weighted by Gasteiger charge is -2.03. The van der Waals surface area contributed by atoms with E-state index >= 15 is 0 Å². The van der Waals surface area contributed by atoms with Crippen molar-refractivity contribution >= 4 is 5.97 Å². The Morgan fingerprint density at radius 3 is 3.20 bits per heavy atom. The van der Waals surface area contributed by atoms with Crippen LogP contribution in [0.15, 0.2) is 12.8 Å². The Kier molecular flexibility index (Phi) is 2.31. The Balaban J connectivity index is 2.18. The van der Waals surface area contributed by atoms with Crippen molar-refractivity contribution in [2.75, 3.05) is 13.2 Å². The minimum absolute atomic E-state index is 0.127. The second-order valence-electron chi connectivity index (χ2n) is 2.25. The van der Waals surface area contributed by atoms with Gasteiger partial charge in [0.1, 0.15) is 0 Å². The van der Waals surface area contributed by atoms with E-state index in [9.17, 15) is 4.79 Å². The first-order valence-corrected chi connectivity index (χ1v) is 3.21. The van der Waals surface area contributed by atoms with Crippen molar-refractivity contribution in [1.82, 2.24) is 0 Å². The van der Waals surface area contributed by atoms with Gasteiger partial charge in [0.05, 0.1) is 25.9 Å². The zero-order valence-electron chi connectivity index (χ0n) is 5.71. The Morgan fingerprint density at radius 2 is 2.70 bits per heavy atom. The smallest absolute Gasteiger partial charge is 0.306 e. The van der Waals surface area contributed by atoms with Gasteiger partial charge in [0, 0.05) is 5.92 Å². The summed E-state index contributed by atoms with van der Waals surface area (Å²) in [4.78, 5) is 10.5. The van der Waals surface area contributed by atoms with Crippen molar-refractivity contribution in [1.29, 1.82) is 0 Å². The molecule has 0 radical (unpaired) electrons. The first kappa shape index (κ1) is 7.12. The number of cyclic esters (lactones) is 1. The van der Waals surface area contributed by atoms with Gasteiger partial charge in [-0.15, -0.1) is 0 Å². The van der Waals surface area contributed by atoms with Gasteiger partial charge in [-0.2, -0.15) is 0 Å². The van der Waals surface area contributed by atoms with Gasteiger partial charge >= 0.3 is 5.97 Å². The molecule has 10 heavy (non-hydrogen) atoms. The van der Waals surface area contributed by atoms with Crippen LogP contribution in [0.3, 0.4) is 0 Å². The van der Waals surface area contributed by atoms with E-state index in [1.807, 2.05) is 0 Å². The molecule has 0 aromatic carbocycles. The third-order valence-electron chi connectivity index (χ3n) is 1.39.